The zero-order valence-electron chi connectivity index (χ0n) is 20.5. The van der Waals surface area contributed by atoms with Gasteiger partial charge in [-0.05, 0) is 30.2 Å². The number of aryl methyl sites for hydroxylation is 2. The summed E-state index contributed by atoms with van der Waals surface area (Å²) in [7, 11) is -1.94. The minimum atomic E-state index is -5.13. The van der Waals surface area contributed by atoms with Gasteiger partial charge in [0.25, 0.3) is 5.56 Å². The number of imidazole rings is 1. The van der Waals surface area contributed by atoms with Crippen molar-refractivity contribution < 1.29 is 88.2 Å². The van der Waals surface area contributed by atoms with E-state index in [1.54, 1.807) is 32.4 Å². The van der Waals surface area contributed by atoms with Gasteiger partial charge in [-0.2, -0.15) is 0 Å². The largest absolute Gasteiger partial charge is 1.00 e. The molecule has 0 spiro atoms. The number of rotatable bonds is 9. The summed E-state index contributed by atoms with van der Waals surface area (Å²) in [5, 5.41) is 0. The Hall–Kier alpha value is -1.46. The smallest absolute Gasteiger partial charge is 0.790 e. The summed E-state index contributed by atoms with van der Waals surface area (Å²) in [5.41, 5.74) is -0.201. The number of hydrogen-bond donors (Lipinski definition) is 0. The van der Waals surface area contributed by atoms with Crippen LogP contribution < -0.4 is 84.9 Å². The van der Waals surface area contributed by atoms with Gasteiger partial charge in [-0.15, -0.1) is 6.42 Å². The third-order valence-corrected chi connectivity index (χ3v) is 5.32. The number of aromatic nitrogens is 4. The first kappa shape index (κ1) is 34.5. The van der Waals surface area contributed by atoms with Gasteiger partial charge in [0.05, 0.1) is 28.1 Å². The van der Waals surface area contributed by atoms with Crippen LogP contribution >= 0.6 is 7.82 Å². The Morgan fingerprint density at radius 3 is 2.50 bits per heavy atom. The topological polar surface area (TPSA) is 175 Å². The van der Waals surface area contributed by atoms with Gasteiger partial charge >= 0.3 is 64.8 Å². The van der Waals surface area contributed by atoms with Crippen LogP contribution in [0.25, 0.3) is 23.3 Å². The first-order valence-corrected chi connectivity index (χ1v) is 11.2. The molecule has 0 aliphatic carbocycles. The van der Waals surface area contributed by atoms with Crippen molar-refractivity contribution >= 4 is 31.1 Å². The monoisotopic (exact) mass is 536 g/mol. The number of phosphoric acid groups is 1. The summed E-state index contributed by atoms with van der Waals surface area (Å²) in [4.78, 5) is 51.6. The first-order valence-electron chi connectivity index (χ1n) is 9.78. The van der Waals surface area contributed by atoms with Crippen molar-refractivity contribution in [2.75, 3.05) is 13.7 Å². The molecule has 1 aromatic carbocycles. The Bertz CT molecular complexity index is 1420. The quantitative estimate of drug-likeness (QED) is 0.112. The van der Waals surface area contributed by atoms with Crippen molar-refractivity contribution in [2.24, 2.45) is 7.05 Å². The zero-order valence-corrected chi connectivity index (χ0v) is 25.4. The van der Waals surface area contributed by atoms with Crippen LogP contribution in [0.3, 0.4) is 0 Å². The van der Waals surface area contributed by atoms with Gasteiger partial charge in [-0.1, -0.05) is 24.1 Å². The molecule has 0 unspecified atom stereocenters. The molecule has 0 radical (unpaired) electrons. The normalized spacial score (nSPS) is 10.9. The summed E-state index contributed by atoms with van der Waals surface area (Å²) in [5.74, 6) is 3.35. The summed E-state index contributed by atoms with van der Waals surface area (Å²) in [6.07, 6.45) is 8.80. The second-order valence-electron chi connectivity index (χ2n) is 6.97. The molecule has 3 rings (SSSR count). The van der Waals surface area contributed by atoms with E-state index in [1.165, 1.54) is 9.13 Å². The van der Waals surface area contributed by atoms with Gasteiger partial charge in [0.1, 0.15) is 11.6 Å². The van der Waals surface area contributed by atoms with Crippen LogP contribution in [0.2, 0.25) is 0 Å². The van der Waals surface area contributed by atoms with Crippen LogP contribution in [-0.4, -0.2) is 37.9 Å². The van der Waals surface area contributed by atoms with Crippen molar-refractivity contribution in [1.82, 2.24) is 18.7 Å². The number of hydrogen-bond acceptors (Lipinski definition) is 8. The fourth-order valence-corrected chi connectivity index (χ4v) is 3.63. The molecule has 2 aromatic heterocycles. The Kier molecular flexibility index (Phi) is 14.5. The van der Waals surface area contributed by atoms with Crippen LogP contribution in [0.15, 0.2) is 33.9 Å². The Balaban J connectivity index is 0.00000408. The van der Waals surface area contributed by atoms with Gasteiger partial charge in [0, 0.05) is 13.6 Å². The predicted octanol–water partition coefficient (Wildman–Crippen LogP) is -6.87. The molecule has 0 aliphatic rings. The molecule has 0 fully saturated rings. The molecule has 2 N–H and O–H groups in total. The van der Waals surface area contributed by atoms with E-state index in [2.05, 4.69) is 15.4 Å². The number of terminal acetylenes is 1. The van der Waals surface area contributed by atoms with E-state index >= 15 is 0 Å². The van der Waals surface area contributed by atoms with E-state index < -0.39 is 25.7 Å². The van der Waals surface area contributed by atoms with E-state index in [-0.39, 0.29) is 95.3 Å². The summed E-state index contributed by atoms with van der Waals surface area (Å²) >= 11 is 0. The van der Waals surface area contributed by atoms with Gasteiger partial charge in [0.2, 0.25) is 0 Å². The van der Waals surface area contributed by atoms with Gasteiger partial charge < -0.3 is 33.7 Å². The standard InChI is InChI=1S/C21H23N4O7P.2Na.H2O/c1-4-11-25-20(26)18-19(24(21(25)27)12-6-13-32-33(28,29)30)22-17(23(18)2)10-9-15-7-5-8-16(14-15)31-3;;;/h1,5,7-10,14H,6,11-13H2,2-3H3,(H2,28,29,30);;;1H2/q;2*+1;/p-2. The van der Waals surface area contributed by atoms with Crippen molar-refractivity contribution in [2.45, 2.75) is 19.5 Å². The fourth-order valence-electron chi connectivity index (χ4n) is 3.28. The van der Waals surface area contributed by atoms with Crippen LogP contribution in [0.4, 0.5) is 0 Å². The maximum Gasteiger partial charge on any atom is 1.00 e. The second-order valence-corrected chi connectivity index (χ2v) is 8.13. The summed E-state index contributed by atoms with van der Waals surface area (Å²) < 4.78 is 23.7. The number of benzene rings is 1. The SMILES string of the molecule is C#CCn1c(=O)c2c(nc(C=Cc3cccc(OC)c3)n2C)n(CCCOP(=O)([O-])[O-])c1=O.O.[Na+].[Na+]. The average molecular weight is 536 g/mol. The maximum atomic E-state index is 13.0. The molecule has 12 nitrogen and oxygen atoms in total. The molecular weight excluding hydrogens is 513 g/mol. The fraction of sp³-hybridized carbons (Fsp3) is 0.286. The average Bonchev–Trinajstić information content (AvgIpc) is 3.10. The van der Waals surface area contributed by atoms with E-state index in [9.17, 15) is 23.9 Å². The van der Waals surface area contributed by atoms with Crippen molar-refractivity contribution in [3.8, 4) is 18.1 Å². The van der Waals surface area contributed by atoms with E-state index in [0.29, 0.717) is 11.6 Å². The minimum absolute atomic E-state index is 0. The van der Waals surface area contributed by atoms with Crippen molar-refractivity contribution in [1.29, 1.82) is 0 Å². The third-order valence-electron chi connectivity index (χ3n) is 4.82. The molecule has 0 bridgehead atoms. The molecule has 3 aromatic rings. The molecule has 0 atom stereocenters. The van der Waals surface area contributed by atoms with Crippen LogP contribution in [0.5, 0.6) is 5.75 Å². The van der Waals surface area contributed by atoms with Gasteiger partial charge in [-0.25, -0.2) is 14.3 Å². The predicted molar refractivity (Wildman–Crippen MR) is 122 cm³/mol. The number of phosphoric ester groups is 1. The molecular formula is C21H23N4Na2O8P. The Morgan fingerprint density at radius 2 is 1.89 bits per heavy atom. The molecule has 0 aliphatic heterocycles. The zero-order chi connectivity index (χ0) is 24.2. The minimum Gasteiger partial charge on any atom is -0.790 e. The number of nitrogens with zero attached hydrogens (tertiary/aromatic N) is 4. The summed E-state index contributed by atoms with van der Waals surface area (Å²) in [6.45, 7) is -0.710. The molecule has 36 heavy (non-hydrogen) atoms. The summed E-state index contributed by atoms with van der Waals surface area (Å²) in [6, 6.07) is 7.32. The van der Waals surface area contributed by atoms with Crippen LogP contribution in [-0.2, 0) is 29.2 Å². The van der Waals surface area contributed by atoms with Crippen LogP contribution in [0.1, 0.15) is 17.8 Å². The van der Waals surface area contributed by atoms with E-state index in [4.69, 9.17) is 11.2 Å². The van der Waals surface area contributed by atoms with Crippen molar-refractivity contribution in [3.63, 3.8) is 0 Å². The Labute approximate surface area is 251 Å². The second kappa shape index (κ2) is 15.1. The number of fused-ring (bicyclic) bond motifs is 1. The molecule has 2 heterocycles. The molecule has 15 heteroatoms. The number of ether oxygens (including phenoxy) is 1. The van der Waals surface area contributed by atoms with E-state index in [1.807, 2.05) is 18.2 Å². The molecule has 0 amide bonds. The molecule has 182 valence electrons. The van der Waals surface area contributed by atoms with E-state index in [0.717, 1.165) is 10.1 Å². The van der Waals surface area contributed by atoms with Crippen molar-refractivity contribution in [3.05, 3.63) is 56.5 Å². The third kappa shape index (κ3) is 8.28. The van der Waals surface area contributed by atoms with Gasteiger partial charge in [-0.3, -0.25) is 9.36 Å². The van der Waals surface area contributed by atoms with Gasteiger partial charge in [0.15, 0.2) is 11.2 Å². The molecule has 0 saturated heterocycles. The Morgan fingerprint density at radius 1 is 1.19 bits per heavy atom. The first-order chi connectivity index (χ1) is 15.7. The van der Waals surface area contributed by atoms with Crippen LogP contribution in [0, 0.1) is 12.3 Å². The molecule has 0 saturated carbocycles. The maximum absolute atomic E-state index is 13.0. The number of methoxy groups -OCH3 is 1.